The Hall–Kier alpha value is -2.18. The number of nitrogens with two attached hydrogens (primary N) is 1. The molecule has 0 amide bonds. The van der Waals surface area contributed by atoms with Gasteiger partial charge in [-0.1, -0.05) is 11.6 Å². The third-order valence-corrected chi connectivity index (χ3v) is 2.83. The van der Waals surface area contributed by atoms with Crippen molar-refractivity contribution in [2.45, 2.75) is 0 Å². The van der Waals surface area contributed by atoms with Crippen molar-refractivity contribution < 1.29 is 0 Å². The predicted octanol–water partition coefficient (Wildman–Crippen LogP) is 1.75. The van der Waals surface area contributed by atoms with Crippen molar-refractivity contribution >= 4 is 28.5 Å². The predicted molar refractivity (Wildman–Crippen MR) is 69.5 cm³/mol. The molecule has 18 heavy (non-hydrogen) atoms. The molecule has 0 aliphatic rings. The Morgan fingerprint density at radius 2 is 1.94 bits per heavy atom. The van der Waals surface area contributed by atoms with Crippen LogP contribution in [0.25, 0.3) is 16.7 Å². The molecule has 0 aliphatic carbocycles. The molecule has 0 saturated heterocycles. The zero-order valence-corrected chi connectivity index (χ0v) is 9.96. The topological polar surface area (TPSA) is 81.7 Å². The third kappa shape index (κ3) is 1.68. The molecule has 0 fully saturated rings. The minimum atomic E-state index is 0.542. The van der Waals surface area contributed by atoms with Crippen LogP contribution in [0, 0.1) is 0 Å². The van der Waals surface area contributed by atoms with E-state index in [0.717, 1.165) is 11.1 Å². The van der Waals surface area contributed by atoms with Gasteiger partial charge in [0.25, 0.3) is 0 Å². The number of halogens is 1. The van der Waals surface area contributed by atoms with Crippen LogP contribution in [0.2, 0.25) is 5.02 Å². The van der Waals surface area contributed by atoms with Gasteiger partial charge >= 0.3 is 0 Å². The Morgan fingerprint density at radius 3 is 2.67 bits per heavy atom. The Labute approximate surface area is 107 Å². The first kappa shape index (κ1) is 10.9. The van der Waals surface area contributed by atoms with E-state index >= 15 is 0 Å². The number of hydrogen-bond donors (Lipinski definition) is 2. The van der Waals surface area contributed by atoms with Crippen molar-refractivity contribution in [3.8, 4) is 5.69 Å². The molecule has 90 valence electrons. The van der Waals surface area contributed by atoms with E-state index in [4.69, 9.17) is 17.4 Å². The van der Waals surface area contributed by atoms with E-state index < -0.39 is 0 Å². The number of fused-ring (bicyclic) bond motifs is 1. The molecule has 3 N–H and O–H groups in total. The molecular weight excluding hydrogens is 252 g/mol. The molecule has 6 nitrogen and oxygen atoms in total. The lowest BCUT2D eigenvalue weighted by Gasteiger charge is -2.03. The first-order valence-electron chi connectivity index (χ1n) is 5.21. The molecule has 3 rings (SSSR count). The number of nitrogens with one attached hydrogen (secondary N) is 1. The third-order valence-electron chi connectivity index (χ3n) is 2.57. The van der Waals surface area contributed by atoms with E-state index in [0.29, 0.717) is 16.5 Å². The zero-order valence-electron chi connectivity index (χ0n) is 9.21. The van der Waals surface area contributed by atoms with Crippen LogP contribution in [-0.4, -0.2) is 19.7 Å². The molecule has 0 radical (unpaired) electrons. The lowest BCUT2D eigenvalue weighted by atomic mass is 10.3. The van der Waals surface area contributed by atoms with E-state index in [1.54, 1.807) is 23.0 Å². The fourth-order valence-corrected chi connectivity index (χ4v) is 1.86. The summed E-state index contributed by atoms with van der Waals surface area (Å²) in [5.41, 5.74) is 4.07. The molecule has 1 aromatic carbocycles. The maximum Gasteiger partial charge on any atom is 0.168 e. The van der Waals surface area contributed by atoms with Gasteiger partial charge in [-0.15, -0.1) is 0 Å². The summed E-state index contributed by atoms with van der Waals surface area (Å²) in [6.07, 6.45) is 3.10. The summed E-state index contributed by atoms with van der Waals surface area (Å²) < 4.78 is 1.70. The second-order valence-electron chi connectivity index (χ2n) is 3.64. The Kier molecular flexibility index (Phi) is 2.58. The van der Waals surface area contributed by atoms with E-state index in [1.807, 2.05) is 12.1 Å². The number of aromatic nitrogens is 4. The Balaban J connectivity index is 2.21. The van der Waals surface area contributed by atoms with Crippen LogP contribution in [0.15, 0.2) is 36.8 Å². The molecule has 0 unspecified atom stereocenters. The summed E-state index contributed by atoms with van der Waals surface area (Å²) >= 11 is 5.86. The van der Waals surface area contributed by atoms with Gasteiger partial charge in [0.15, 0.2) is 11.5 Å². The highest BCUT2D eigenvalue weighted by molar-refractivity contribution is 6.30. The van der Waals surface area contributed by atoms with Gasteiger partial charge in [-0.3, -0.25) is 0 Å². The highest BCUT2D eigenvalue weighted by Gasteiger charge is 2.09. The van der Waals surface area contributed by atoms with Gasteiger partial charge in [0, 0.05) is 5.02 Å². The SMILES string of the molecule is NNc1ncnc2c1cnn2-c1ccc(Cl)cc1. The largest absolute Gasteiger partial charge is 0.308 e. The van der Waals surface area contributed by atoms with Crippen molar-refractivity contribution in [2.24, 2.45) is 5.84 Å². The zero-order chi connectivity index (χ0) is 12.5. The summed E-state index contributed by atoms with van der Waals surface area (Å²) in [7, 11) is 0. The van der Waals surface area contributed by atoms with Crippen molar-refractivity contribution in [1.29, 1.82) is 0 Å². The van der Waals surface area contributed by atoms with Crippen LogP contribution in [-0.2, 0) is 0 Å². The van der Waals surface area contributed by atoms with Crippen molar-refractivity contribution in [1.82, 2.24) is 19.7 Å². The first-order valence-corrected chi connectivity index (χ1v) is 5.58. The van der Waals surface area contributed by atoms with Gasteiger partial charge in [-0.25, -0.2) is 20.5 Å². The molecule has 0 bridgehead atoms. The van der Waals surface area contributed by atoms with Gasteiger partial charge in [0.05, 0.1) is 17.3 Å². The smallest absolute Gasteiger partial charge is 0.168 e. The minimum absolute atomic E-state index is 0.542. The summed E-state index contributed by atoms with van der Waals surface area (Å²) in [5, 5.41) is 5.71. The number of nitrogen functional groups attached to an aromatic ring is 1. The average molecular weight is 261 g/mol. The summed E-state index contributed by atoms with van der Waals surface area (Å²) in [6, 6.07) is 7.33. The quantitative estimate of drug-likeness (QED) is 0.542. The summed E-state index contributed by atoms with van der Waals surface area (Å²) in [6.45, 7) is 0. The lowest BCUT2D eigenvalue weighted by molar-refractivity contribution is 0.895. The first-order chi connectivity index (χ1) is 8.79. The molecule has 0 atom stereocenters. The maximum atomic E-state index is 5.86. The molecule has 2 heterocycles. The Morgan fingerprint density at radius 1 is 1.17 bits per heavy atom. The van der Waals surface area contributed by atoms with Crippen molar-refractivity contribution in [3.63, 3.8) is 0 Å². The highest BCUT2D eigenvalue weighted by Crippen LogP contribution is 2.21. The molecule has 3 aromatic rings. The van der Waals surface area contributed by atoms with Crippen LogP contribution in [0.5, 0.6) is 0 Å². The van der Waals surface area contributed by atoms with E-state index in [-0.39, 0.29) is 0 Å². The van der Waals surface area contributed by atoms with Crippen LogP contribution in [0.3, 0.4) is 0 Å². The molecule has 7 heteroatoms. The number of nitrogens with zero attached hydrogens (tertiary/aromatic N) is 4. The fourth-order valence-electron chi connectivity index (χ4n) is 1.73. The molecular formula is C11H9ClN6. The van der Waals surface area contributed by atoms with Gasteiger partial charge < -0.3 is 5.43 Å². The minimum Gasteiger partial charge on any atom is -0.308 e. The van der Waals surface area contributed by atoms with E-state index in [2.05, 4.69) is 20.5 Å². The number of rotatable bonds is 2. The monoisotopic (exact) mass is 260 g/mol. The highest BCUT2D eigenvalue weighted by atomic mass is 35.5. The van der Waals surface area contributed by atoms with Gasteiger partial charge in [0.1, 0.15) is 6.33 Å². The lowest BCUT2D eigenvalue weighted by Crippen LogP contribution is -2.09. The van der Waals surface area contributed by atoms with Crippen molar-refractivity contribution in [3.05, 3.63) is 41.8 Å². The van der Waals surface area contributed by atoms with Crippen molar-refractivity contribution in [2.75, 3.05) is 5.43 Å². The fraction of sp³-hybridized carbons (Fsp3) is 0. The van der Waals surface area contributed by atoms with Crippen LogP contribution >= 0.6 is 11.6 Å². The van der Waals surface area contributed by atoms with E-state index in [9.17, 15) is 0 Å². The van der Waals surface area contributed by atoms with Gasteiger partial charge in [-0.05, 0) is 24.3 Å². The number of hydrazine groups is 1. The molecule has 0 aliphatic heterocycles. The average Bonchev–Trinajstić information content (AvgIpc) is 2.83. The number of benzene rings is 1. The maximum absolute atomic E-state index is 5.86. The Bertz CT molecular complexity index is 690. The van der Waals surface area contributed by atoms with Crippen LogP contribution in [0.1, 0.15) is 0 Å². The molecule has 2 aromatic heterocycles. The summed E-state index contributed by atoms with van der Waals surface area (Å²) in [5.74, 6) is 5.93. The standard InChI is InChI=1S/C11H9ClN6/c12-7-1-3-8(4-2-7)18-11-9(5-16-18)10(17-13)14-6-15-11/h1-6H,13H2,(H,14,15,17). The number of hydrogen-bond acceptors (Lipinski definition) is 5. The second kappa shape index (κ2) is 4.25. The molecule has 0 saturated carbocycles. The number of anilines is 1. The molecule has 0 spiro atoms. The van der Waals surface area contributed by atoms with E-state index in [1.165, 1.54) is 6.33 Å². The van der Waals surface area contributed by atoms with Gasteiger partial charge in [-0.2, -0.15) is 5.10 Å². The second-order valence-corrected chi connectivity index (χ2v) is 4.07. The van der Waals surface area contributed by atoms with Crippen LogP contribution < -0.4 is 11.3 Å². The van der Waals surface area contributed by atoms with Gasteiger partial charge in [0.2, 0.25) is 0 Å². The normalized spacial score (nSPS) is 10.8. The summed E-state index contributed by atoms with van der Waals surface area (Å²) in [4.78, 5) is 8.23. The van der Waals surface area contributed by atoms with Crippen LogP contribution in [0.4, 0.5) is 5.82 Å².